The van der Waals surface area contributed by atoms with Crippen LogP contribution in [-0.4, -0.2) is 67.6 Å². The van der Waals surface area contributed by atoms with E-state index < -0.39 is 0 Å². The molecule has 3 aromatic heterocycles. The van der Waals surface area contributed by atoms with E-state index in [1.807, 2.05) is 47.4 Å². The van der Waals surface area contributed by atoms with Gasteiger partial charge in [-0.05, 0) is 43.0 Å². The second-order valence-corrected chi connectivity index (χ2v) is 12.7. The molecule has 0 radical (unpaired) electrons. The van der Waals surface area contributed by atoms with Crippen LogP contribution in [0.15, 0.2) is 34.2 Å². The van der Waals surface area contributed by atoms with Crippen LogP contribution >= 0.6 is 23.1 Å². The lowest BCUT2D eigenvalue weighted by molar-refractivity contribution is -0.134. The van der Waals surface area contributed by atoms with Gasteiger partial charge < -0.3 is 14.4 Å². The number of rotatable bonds is 5. The summed E-state index contributed by atoms with van der Waals surface area (Å²) in [5, 5.41) is 9.93. The quantitative estimate of drug-likeness (QED) is 0.347. The van der Waals surface area contributed by atoms with Crippen molar-refractivity contribution >= 4 is 45.0 Å². The smallest absolute Gasteiger partial charge is 0.268 e. The van der Waals surface area contributed by atoms with E-state index in [9.17, 15) is 9.59 Å². The number of amides is 1. The number of morpholine rings is 1. The Bertz CT molecular complexity index is 1580. The number of nitrogens with zero attached hydrogens (tertiary/aromatic N) is 5. The van der Waals surface area contributed by atoms with Crippen LogP contribution in [0.5, 0.6) is 0 Å². The van der Waals surface area contributed by atoms with Gasteiger partial charge in [0.05, 0.1) is 42.2 Å². The van der Waals surface area contributed by atoms with Crippen molar-refractivity contribution in [1.82, 2.24) is 24.1 Å². The standard InChI is InChI=1S/C27H31N5O4S2/c1-15(2)20-13-19-21(14-36-20)38-25-22(19)24(34)31(18-7-5-6-16(3)12-18)26-28-29-27(32(25)26)37-17(4)23(33)30-8-10-35-11-9-30/h5-7,12,15,17,20H,8-11,13-14H2,1-4H3/t17-,20-/m0/s1. The number of aryl methyl sites for hydroxylation is 1. The lowest BCUT2D eigenvalue weighted by Gasteiger charge is -2.28. The zero-order valence-electron chi connectivity index (χ0n) is 22.0. The maximum Gasteiger partial charge on any atom is 0.268 e. The number of hydrogen-bond acceptors (Lipinski definition) is 8. The van der Waals surface area contributed by atoms with E-state index in [0.717, 1.165) is 26.5 Å². The van der Waals surface area contributed by atoms with Gasteiger partial charge in [-0.1, -0.05) is 37.7 Å². The Morgan fingerprint density at radius 1 is 1.18 bits per heavy atom. The van der Waals surface area contributed by atoms with E-state index in [1.54, 1.807) is 15.9 Å². The second kappa shape index (κ2) is 10.1. The fraction of sp³-hybridized carbons (Fsp3) is 0.481. The molecular formula is C27H31N5O4S2. The molecule has 38 heavy (non-hydrogen) atoms. The highest BCUT2D eigenvalue weighted by atomic mass is 32.2. The molecule has 0 unspecified atom stereocenters. The van der Waals surface area contributed by atoms with E-state index in [-0.39, 0.29) is 22.8 Å². The molecule has 11 heteroatoms. The minimum absolute atomic E-state index is 0.0527. The number of ether oxygens (including phenoxy) is 2. The van der Waals surface area contributed by atoms with Crippen LogP contribution in [0, 0.1) is 12.8 Å². The molecule has 1 aromatic carbocycles. The second-order valence-electron chi connectivity index (χ2n) is 10.3. The normalized spacial score (nSPS) is 18.9. The van der Waals surface area contributed by atoms with Crippen molar-refractivity contribution in [3.63, 3.8) is 0 Å². The van der Waals surface area contributed by atoms with Gasteiger partial charge in [0.2, 0.25) is 11.7 Å². The van der Waals surface area contributed by atoms with Crippen molar-refractivity contribution in [3.05, 3.63) is 50.6 Å². The Labute approximate surface area is 228 Å². The van der Waals surface area contributed by atoms with Gasteiger partial charge in [-0.3, -0.25) is 9.59 Å². The van der Waals surface area contributed by atoms with Crippen molar-refractivity contribution in [2.75, 3.05) is 26.3 Å². The van der Waals surface area contributed by atoms with Gasteiger partial charge in [0.15, 0.2) is 5.16 Å². The Hall–Kier alpha value is -2.73. The molecule has 0 saturated carbocycles. The number of carbonyl (C=O) groups excluding carboxylic acids is 1. The lowest BCUT2D eigenvalue weighted by Crippen LogP contribution is -2.44. The van der Waals surface area contributed by atoms with Gasteiger partial charge in [0.25, 0.3) is 5.56 Å². The predicted octanol–water partition coefficient (Wildman–Crippen LogP) is 3.84. The third kappa shape index (κ3) is 4.35. The summed E-state index contributed by atoms with van der Waals surface area (Å²) in [6, 6.07) is 7.85. The molecule has 0 N–H and O–H groups in total. The molecule has 1 amide bonds. The summed E-state index contributed by atoms with van der Waals surface area (Å²) in [7, 11) is 0. The van der Waals surface area contributed by atoms with Crippen LogP contribution in [0.25, 0.3) is 21.7 Å². The fourth-order valence-electron chi connectivity index (χ4n) is 5.19. The first-order chi connectivity index (χ1) is 18.3. The van der Waals surface area contributed by atoms with Gasteiger partial charge in [-0.25, -0.2) is 8.97 Å². The van der Waals surface area contributed by atoms with E-state index in [4.69, 9.17) is 9.47 Å². The third-order valence-electron chi connectivity index (χ3n) is 7.30. The molecule has 4 aromatic rings. The average molecular weight is 554 g/mol. The SMILES string of the molecule is Cc1cccc(-n2c(=O)c3c4c(sc3n3c(S[C@@H](C)C(=O)N5CCOCC5)nnc23)CO[C@H](C(C)C)C4)c1. The van der Waals surface area contributed by atoms with Crippen molar-refractivity contribution < 1.29 is 14.3 Å². The summed E-state index contributed by atoms with van der Waals surface area (Å²) in [6.45, 7) is 11.0. The molecule has 200 valence electrons. The zero-order chi connectivity index (χ0) is 26.6. The third-order valence-corrected chi connectivity index (χ3v) is 9.52. The first kappa shape index (κ1) is 25.5. The molecule has 6 rings (SSSR count). The summed E-state index contributed by atoms with van der Waals surface area (Å²) in [6.07, 6.45) is 0.752. The molecule has 1 fully saturated rings. The van der Waals surface area contributed by atoms with E-state index in [0.29, 0.717) is 61.6 Å². The summed E-state index contributed by atoms with van der Waals surface area (Å²) < 4.78 is 15.2. The minimum Gasteiger partial charge on any atom is -0.378 e. The zero-order valence-corrected chi connectivity index (χ0v) is 23.6. The van der Waals surface area contributed by atoms with Crippen molar-refractivity contribution in [2.45, 2.75) is 57.2 Å². The molecule has 2 aliphatic heterocycles. The molecular weight excluding hydrogens is 522 g/mol. The number of benzene rings is 1. The van der Waals surface area contributed by atoms with E-state index in [2.05, 4.69) is 24.0 Å². The Morgan fingerprint density at radius 3 is 2.71 bits per heavy atom. The van der Waals surface area contributed by atoms with Gasteiger partial charge in [-0.2, -0.15) is 0 Å². The molecule has 9 nitrogen and oxygen atoms in total. The molecule has 2 atom stereocenters. The summed E-state index contributed by atoms with van der Waals surface area (Å²) >= 11 is 2.94. The lowest BCUT2D eigenvalue weighted by atomic mass is 9.96. The Kier molecular flexibility index (Phi) is 6.79. The Balaban J connectivity index is 1.53. The van der Waals surface area contributed by atoms with Crippen molar-refractivity contribution in [1.29, 1.82) is 0 Å². The summed E-state index contributed by atoms with van der Waals surface area (Å²) in [5.74, 6) is 0.840. The van der Waals surface area contributed by atoms with Crippen LogP contribution in [0.1, 0.15) is 36.8 Å². The average Bonchev–Trinajstić information content (AvgIpc) is 3.50. The molecule has 0 bridgehead atoms. The van der Waals surface area contributed by atoms with E-state index >= 15 is 0 Å². The van der Waals surface area contributed by atoms with Gasteiger partial charge in [-0.15, -0.1) is 21.5 Å². The first-order valence-electron chi connectivity index (χ1n) is 13.0. The van der Waals surface area contributed by atoms with Gasteiger partial charge in [0.1, 0.15) is 4.83 Å². The van der Waals surface area contributed by atoms with Crippen LogP contribution in [0.2, 0.25) is 0 Å². The molecule has 1 saturated heterocycles. The van der Waals surface area contributed by atoms with Crippen LogP contribution < -0.4 is 5.56 Å². The fourth-order valence-corrected chi connectivity index (χ4v) is 7.42. The Morgan fingerprint density at radius 2 is 1.97 bits per heavy atom. The highest BCUT2D eigenvalue weighted by Crippen LogP contribution is 2.38. The number of fused-ring (bicyclic) bond motifs is 5. The number of thiophene rings is 1. The molecule has 2 aliphatic rings. The number of hydrogen-bond donors (Lipinski definition) is 0. The molecule has 5 heterocycles. The summed E-state index contributed by atoms with van der Waals surface area (Å²) in [4.78, 5) is 31.1. The van der Waals surface area contributed by atoms with Crippen molar-refractivity contribution in [3.8, 4) is 5.69 Å². The van der Waals surface area contributed by atoms with Crippen molar-refractivity contribution in [2.24, 2.45) is 5.92 Å². The number of thioether (sulfide) groups is 1. The van der Waals surface area contributed by atoms with Crippen LogP contribution in [0.3, 0.4) is 0 Å². The maximum atomic E-state index is 14.2. The number of carbonyl (C=O) groups is 1. The minimum atomic E-state index is -0.363. The van der Waals surface area contributed by atoms with Crippen LogP contribution in [-0.2, 0) is 27.3 Å². The maximum absolute atomic E-state index is 14.2. The largest absolute Gasteiger partial charge is 0.378 e. The highest BCUT2D eigenvalue weighted by Gasteiger charge is 2.31. The van der Waals surface area contributed by atoms with Gasteiger partial charge in [0, 0.05) is 24.4 Å². The molecule has 0 aliphatic carbocycles. The topological polar surface area (TPSA) is 91.0 Å². The molecule has 0 spiro atoms. The monoisotopic (exact) mass is 553 g/mol. The highest BCUT2D eigenvalue weighted by molar-refractivity contribution is 8.00. The number of aromatic nitrogens is 4. The predicted molar refractivity (Wildman–Crippen MR) is 149 cm³/mol. The summed E-state index contributed by atoms with van der Waals surface area (Å²) in [5.41, 5.74) is 2.76. The van der Waals surface area contributed by atoms with E-state index in [1.165, 1.54) is 11.8 Å². The van der Waals surface area contributed by atoms with Crippen LogP contribution in [0.4, 0.5) is 0 Å². The first-order valence-corrected chi connectivity index (χ1v) is 14.7. The van der Waals surface area contributed by atoms with Gasteiger partial charge >= 0.3 is 0 Å².